The zero-order chi connectivity index (χ0) is 12.0. The summed E-state index contributed by atoms with van der Waals surface area (Å²) in [6.45, 7) is 2.54. The molecule has 16 heavy (non-hydrogen) atoms. The van der Waals surface area contributed by atoms with Crippen molar-refractivity contribution in [1.29, 1.82) is 0 Å². The van der Waals surface area contributed by atoms with Crippen LogP contribution in [0.2, 0.25) is 0 Å². The van der Waals surface area contributed by atoms with Gasteiger partial charge in [-0.25, -0.2) is 0 Å². The third-order valence-corrected chi connectivity index (χ3v) is 3.15. The molecule has 0 saturated carbocycles. The van der Waals surface area contributed by atoms with Crippen molar-refractivity contribution in [2.75, 3.05) is 12.8 Å². The van der Waals surface area contributed by atoms with Crippen LogP contribution >= 0.6 is 11.8 Å². The fourth-order valence-corrected chi connectivity index (χ4v) is 1.81. The third-order valence-electron chi connectivity index (χ3n) is 2.41. The molecule has 0 aliphatic carbocycles. The molecule has 1 aromatic rings. The Labute approximate surface area is 100 Å². The average molecular weight is 239 g/mol. The van der Waals surface area contributed by atoms with Gasteiger partial charge in [0, 0.05) is 17.5 Å². The van der Waals surface area contributed by atoms with Crippen molar-refractivity contribution in [3.8, 4) is 0 Å². The van der Waals surface area contributed by atoms with Gasteiger partial charge in [-0.1, -0.05) is 12.1 Å². The van der Waals surface area contributed by atoms with E-state index in [1.165, 1.54) is 10.5 Å². The molecule has 3 nitrogen and oxygen atoms in total. The first kappa shape index (κ1) is 13.1. The lowest BCUT2D eigenvalue weighted by atomic mass is 10.1. The van der Waals surface area contributed by atoms with E-state index in [4.69, 9.17) is 5.11 Å². The number of hydrogen-bond donors (Lipinski definition) is 2. The van der Waals surface area contributed by atoms with Crippen LogP contribution in [0.5, 0.6) is 0 Å². The highest BCUT2D eigenvalue weighted by Gasteiger charge is 2.05. The first-order valence-electron chi connectivity index (χ1n) is 5.22. The topological polar surface area (TPSA) is 49.3 Å². The number of hydrogen-bond acceptors (Lipinski definition) is 3. The summed E-state index contributed by atoms with van der Waals surface area (Å²) in [4.78, 5) is 11.6. The Bertz CT molecular complexity index is 337. The first-order valence-corrected chi connectivity index (χ1v) is 6.45. The molecule has 0 aromatic heterocycles. The van der Waals surface area contributed by atoms with Crippen LogP contribution in [-0.2, 0) is 4.79 Å². The molecule has 0 fully saturated rings. The smallest absolute Gasteiger partial charge is 0.304 e. The van der Waals surface area contributed by atoms with Gasteiger partial charge in [0.1, 0.15) is 0 Å². The van der Waals surface area contributed by atoms with E-state index >= 15 is 0 Å². The van der Waals surface area contributed by atoms with Crippen molar-refractivity contribution in [1.82, 2.24) is 5.32 Å². The molecule has 0 spiro atoms. The lowest BCUT2D eigenvalue weighted by molar-refractivity contribution is -0.136. The minimum absolute atomic E-state index is 0.160. The van der Waals surface area contributed by atoms with Crippen molar-refractivity contribution in [3.63, 3.8) is 0 Å². The zero-order valence-electron chi connectivity index (χ0n) is 9.56. The second kappa shape index (κ2) is 6.55. The van der Waals surface area contributed by atoms with Gasteiger partial charge < -0.3 is 10.4 Å². The Morgan fingerprint density at radius 2 is 2.06 bits per heavy atom. The van der Waals surface area contributed by atoms with Gasteiger partial charge in [0.05, 0.1) is 6.42 Å². The van der Waals surface area contributed by atoms with Crippen LogP contribution < -0.4 is 5.32 Å². The van der Waals surface area contributed by atoms with Crippen LogP contribution in [0.25, 0.3) is 0 Å². The van der Waals surface area contributed by atoms with Crippen LogP contribution in [0.4, 0.5) is 0 Å². The molecule has 0 aliphatic rings. The number of carboxylic acid groups (broad SMARTS) is 1. The highest BCUT2D eigenvalue weighted by Crippen LogP contribution is 2.18. The molecule has 1 rings (SSSR count). The minimum atomic E-state index is -0.766. The number of aliphatic carboxylic acids is 1. The molecule has 1 aromatic carbocycles. The molecule has 0 amide bonds. The highest BCUT2D eigenvalue weighted by molar-refractivity contribution is 7.98. The van der Waals surface area contributed by atoms with E-state index in [-0.39, 0.29) is 12.5 Å². The van der Waals surface area contributed by atoms with Gasteiger partial charge in [-0.3, -0.25) is 4.79 Å². The second-order valence-electron chi connectivity index (χ2n) is 3.59. The van der Waals surface area contributed by atoms with E-state index in [1.54, 1.807) is 11.8 Å². The van der Waals surface area contributed by atoms with E-state index < -0.39 is 5.97 Å². The standard InChI is InChI=1S/C12H17NO2S/c1-9(13-8-7-12(14)15)10-3-5-11(16-2)6-4-10/h3-6,9,13H,7-8H2,1-2H3,(H,14,15). The predicted molar refractivity (Wildman–Crippen MR) is 66.9 cm³/mol. The maximum absolute atomic E-state index is 10.4. The van der Waals surface area contributed by atoms with Crippen molar-refractivity contribution in [3.05, 3.63) is 29.8 Å². The van der Waals surface area contributed by atoms with Gasteiger partial charge in [-0.2, -0.15) is 0 Å². The number of benzene rings is 1. The summed E-state index contributed by atoms with van der Waals surface area (Å²) in [5, 5.41) is 11.7. The minimum Gasteiger partial charge on any atom is -0.481 e. The van der Waals surface area contributed by atoms with Crippen LogP contribution in [-0.4, -0.2) is 23.9 Å². The number of rotatable bonds is 6. The summed E-state index contributed by atoms with van der Waals surface area (Å²) in [7, 11) is 0. The van der Waals surface area contributed by atoms with Crippen molar-refractivity contribution in [2.45, 2.75) is 24.3 Å². The van der Waals surface area contributed by atoms with Gasteiger partial charge in [0.2, 0.25) is 0 Å². The van der Waals surface area contributed by atoms with Crippen LogP contribution in [0.15, 0.2) is 29.2 Å². The Hall–Kier alpha value is -1.00. The number of nitrogens with one attached hydrogen (secondary N) is 1. The van der Waals surface area contributed by atoms with Crippen molar-refractivity contribution < 1.29 is 9.90 Å². The first-order chi connectivity index (χ1) is 7.63. The molecule has 0 heterocycles. The van der Waals surface area contributed by atoms with E-state index in [2.05, 4.69) is 29.6 Å². The molecular weight excluding hydrogens is 222 g/mol. The summed E-state index contributed by atoms with van der Waals surface area (Å²) < 4.78 is 0. The van der Waals surface area contributed by atoms with Crippen LogP contribution in [0, 0.1) is 0 Å². The molecule has 0 bridgehead atoms. The fourth-order valence-electron chi connectivity index (χ4n) is 1.41. The fraction of sp³-hybridized carbons (Fsp3) is 0.417. The molecule has 4 heteroatoms. The number of carbonyl (C=O) groups is 1. The Balaban J connectivity index is 2.45. The van der Waals surface area contributed by atoms with Gasteiger partial charge in [-0.15, -0.1) is 11.8 Å². The lowest BCUT2D eigenvalue weighted by Gasteiger charge is -2.13. The van der Waals surface area contributed by atoms with E-state index in [0.29, 0.717) is 6.54 Å². The molecule has 88 valence electrons. The van der Waals surface area contributed by atoms with Crippen molar-refractivity contribution in [2.24, 2.45) is 0 Å². The van der Waals surface area contributed by atoms with Crippen LogP contribution in [0.1, 0.15) is 24.9 Å². The Morgan fingerprint density at radius 3 is 2.56 bits per heavy atom. The summed E-state index contributed by atoms with van der Waals surface area (Å²) in [5.74, 6) is -0.766. The van der Waals surface area contributed by atoms with E-state index in [1.807, 2.05) is 13.2 Å². The molecule has 1 atom stereocenters. The SMILES string of the molecule is CSc1ccc(C(C)NCCC(=O)O)cc1. The van der Waals surface area contributed by atoms with Crippen molar-refractivity contribution >= 4 is 17.7 Å². The quantitative estimate of drug-likeness (QED) is 0.749. The van der Waals surface area contributed by atoms with Gasteiger partial charge >= 0.3 is 5.97 Å². The number of thioether (sulfide) groups is 1. The maximum Gasteiger partial charge on any atom is 0.304 e. The third kappa shape index (κ3) is 4.24. The molecular formula is C12H17NO2S. The normalized spacial score (nSPS) is 12.4. The lowest BCUT2D eigenvalue weighted by Crippen LogP contribution is -2.21. The summed E-state index contributed by atoms with van der Waals surface area (Å²) >= 11 is 1.71. The van der Waals surface area contributed by atoms with Crippen LogP contribution in [0.3, 0.4) is 0 Å². The Kier molecular flexibility index (Phi) is 5.35. The highest BCUT2D eigenvalue weighted by atomic mass is 32.2. The maximum atomic E-state index is 10.4. The average Bonchev–Trinajstić information content (AvgIpc) is 2.28. The molecule has 0 radical (unpaired) electrons. The Morgan fingerprint density at radius 1 is 1.44 bits per heavy atom. The van der Waals surface area contributed by atoms with Gasteiger partial charge in [0.25, 0.3) is 0 Å². The predicted octanol–water partition coefficient (Wildman–Crippen LogP) is 2.53. The second-order valence-corrected chi connectivity index (χ2v) is 4.47. The van der Waals surface area contributed by atoms with E-state index in [0.717, 1.165) is 0 Å². The summed E-state index contributed by atoms with van der Waals surface area (Å²) in [6.07, 6.45) is 2.21. The van der Waals surface area contributed by atoms with Gasteiger partial charge in [0.15, 0.2) is 0 Å². The van der Waals surface area contributed by atoms with E-state index in [9.17, 15) is 4.79 Å². The summed E-state index contributed by atoms with van der Waals surface area (Å²) in [6, 6.07) is 8.49. The zero-order valence-corrected chi connectivity index (χ0v) is 10.4. The molecule has 1 unspecified atom stereocenters. The molecule has 0 aliphatic heterocycles. The molecule has 0 saturated heterocycles. The monoisotopic (exact) mass is 239 g/mol. The number of carboxylic acids is 1. The molecule has 2 N–H and O–H groups in total. The summed E-state index contributed by atoms with van der Waals surface area (Å²) in [5.41, 5.74) is 1.18. The van der Waals surface area contributed by atoms with Gasteiger partial charge in [-0.05, 0) is 30.9 Å². The largest absolute Gasteiger partial charge is 0.481 e.